The van der Waals surface area contributed by atoms with Gasteiger partial charge in [0.15, 0.2) is 5.82 Å². The minimum absolute atomic E-state index is 0.0463. The van der Waals surface area contributed by atoms with E-state index in [1.165, 1.54) is 19.3 Å². The lowest BCUT2D eigenvalue weighted by Crippen LogP contribution is -2.32. The number of nitrogens with zero attached hydrogens (tertiary/aromatic N) is 3. The number of carbonyl (C=O) groups is 2. The normalized spacial score (nSPS) is 22.6. The molecule has 2 heterocycles. The Bertz CT molecular complexity index is 565. The van der Waals surface area contributed by atoms with Gasteiger partial charge in [-0.25, -0.2) is 0 Å². The molecule has 0 aromatic carbocycles. The van der Waals surface area contributed by atoms with E-state index in [0.29, 0.717) is 24.9 Å². The van der Waals surface area contributed by atoms with Gasteiger partial charge in [-0.05, 0) is 19.8 Å². The molecule has 7 nitrogen and oxygen atoms in total. The first-order valence-corrected chi connectivity index (χ1v) is 8.55. The van der Waals surface area contributed by atoms with Crippen LogP contribution in [0.3, 0.4) is 0 Å². The van der Waals surface area contributed by atoms with Gasteiger partial charge in [0.1, 0.15) is 0 Å². The van der Waals surface area contributed by atoms with Crippen molar-refractivity contribution in [1.82, 2.24) is 20.4 Å². The number of hydrogen-bond acceptors (Lipinski definition) is 5. The summed E-state index contributed by atoms with van der Waals surface area (Å²) in [5.41, 5.74) is 0. The van der Waals surface area contributed by atoms with Crippen LogP contribution in [0.5, 0.6) is 0 Å². The van der Waals surface area contributed by atoms with Crippen LogP contribution < -0.4 is 5.32 Å². The van der Waals surface area contributed by atoms with Crippen molar-refractivity contribution in [2.24, 2.45) is 5.92 Å². The minimum Gasteiger partial charge on any atom is -0.347 e. The average molecular weight is 320 g/mol. The Morgan fingerprint density at radius 3 is 2.83 bits per heavy atom. The molecule has 1 saturated heterocycles. The summed E-state index contributed by atoms with van der Waals surface area (Å²) in [6.45, 7) is 3.30. The smallest absolute Gasteiger partial charge is 0.246 e. The van der Waals surface area contributed by atoms with Crippen molar-refractivity contribution in [3.63, 3.8) is 0 Å². The maximum absolute atomic E-state index is 12.2. The van der Waals surface area contributed by atoms with E-state index >= 15 is 0 Å². The van der Waals surface area contributed by atoms with Gasteiger partial charge in [0, 0.05) is 25.4 Å². The zero-order chi connectivity index (χ0) is 16.2. The molecule has 126 valence electrons. The standard InChI is InChI=1S/C16H24N4O3/c1-2-20-10-12(8-14(20)21)16(22)17-9-13-18-15(19-23-13)11-6-4-3-5-7-11/h11-12H,2-10H2,1H3,(H,17,22)/t12-/m1/s1. The molecule has 1 aliphatic carbocycles. The fourth-order valence-corrected chi connectivity index (χ4v) is 3.43. The Hall–Kier alpha value is -1.92. The van der Waals surface area contributed by atoms with E-state index < -0.39 is 0 Å². The van der Waals surface area contributed by atoms with Crippen LogP contribution in [0, 0.1) is 5.92 Å². The maximum atomic E-state index is 12.2. The van der Waals surface area contributed by atoms with Crippen molar-refractivity contribution in [1.29, 1.82) is 0 Å². The number of likely N-dealkylation sites (tertiary alicyclic amines) is 1. The summed E-state index contributed by atoms with van der Waals surface area (Å²) in [5, 5.41) is 6.86. The van der Waals surface area contributed by atoms with E-state index in [0.717, 1.165) is 18.7 Å². The van der Waals surface area contributed by atoms with Crippen LogP contribution in [0.4, 0.5) is 0 Å². The molecule has 23 heavy (non-hydrogen) atoms. The van der Waals surface area contributed by atoms with E-state index in [9.17, 15) is 9.59 Å². The summed E-state index contributed by atoms with van der Waals surface area (Å²) in [6, 6.07) is 0. The van der Waals surface area contributed by atoms with Gasteiger partial charge in [-0.15, -0.1) is 0 Å². The summed E-state index contributed by atoms with van der Waals surface area (Å²) in [5.74, 6) is 1.25. The highest BCUT2D eigenvalue weighted by atomic mass is 16.5. The summed E-state index contributed by atoms with van der Waals surface area (Å²) in [6.07, 6.45) is 6.23. The molecule has 2 aliphatic rings. The number of rotatable bonds is 5. The van der Waals surface area contributed by atoms with Crippen LogP contribution in [0.15, 0.2) is 4.52 Å². The third kappa shape index (κ3) is 3.71. The van der Waals surface area contributed by atoms with Gasteiger partial charge in [0.25, 0.3) is 0 Å². The highest BCUT2D eigenvalue weighted by molar-refractivity contribution is 5.89. The van der Waals surface area contributed by atoms with E-state index in [2.05, 4.69) is 15.5 Å². The molecule has 2 fully saturated rings. The van der Waals surface area contributed by atoms with Crippen LogP contribution in [0.25, 0.3) is 0 Å². The minimum atomic E-state index is -0.275. The maximum Gasteiger partial charge on any atom is 0.246 e. The quantitative estimate of drug-likeness (QED) is 0.890. The van der Waals surface area contributed by atoms with Crippen LogP contribution in [-0.4, -0.2) is 39.9 Å². The monoisotopic (exact) mass is 320 g/mol. The Morgan fingerprint density at radius 1 is 1.35 bits per heavy atom. The summed E-state index contributed by atoms with van der Waals surface area (Å²) in [7, 11) is 0. The average Bonchev–Trinajstić information content (AvgIpc) is 3.20. The second kappa shape index (κ2) is 7.10. The molecule has 1 N–H and O–H groups in total. The Balaban J connectivity index is 1.49. The molecule has 3 rings (SSSR count). The fourth-order valence-electron chi connectivity index (χ4n) is 3.43. The van der Waals surface area contributed by atoms with Crippen molar-refractivity contribution >= 4 is 11.8 Å². The number of hydrogen-bond donors (Lipinski definition) is 1. The van der Waals surface area contributed by atoms with Crippen molar-refractivity contribution in [2.45, 2.75) is 57.9 Å². The van der Waals surface area contributed by atoms with E-state index in [-0.39, 0.29) is 30.7 Å². The van der Waals surface area contributed by atoms with Gasteiger partial charge < -0.3 is 14.7 Å². The van der Waals surface area contributed by atoms with Crippen molar-refractivity contribution in [2.75, 3.05) is 13.1 Å². The summed E-state index contributed by atoms with van der Waals surface area (Å²) < 4.78 is 5.24. The molecule has 1 saturated carbocycles. The third-order valence-corrected chi connectivity index (χ3v) is 4.83. The Kier molecular flexibility index (Phi) is 4.93. The second-order valence-corrected chi connectivity index (χ2v) is 6.43. The molecule has 1 aromatic heterocycles. The van der Waals surface area contributed by atoms with Gasteiger partial charge in [-0.1, -0.05) is 24.4 Å². The lowest BCUT2D eigenvalue weighted by molar-refractivity contribution is -0.128. The fraction of sp³-hybridized carbons (Fsp3) is 0.750. The zero-order valence-corrected chi connectivity index (χ0v) is 13.6. The van der Waals surface area contributed by atoms with Crippen molar-refractivity contribution < 1.29 is 14.1 Å². The number of aromatic nitrogens is 2. The molecule has 2 amide bonds. The van der Waals surface area contributed by atoms with Crippen LogP contribution in [-0.2, 0) is 16.1 Å². The first-order chi connectivity index (χ1) is 11.2. The molecule has 0 bridgehead atoms. The van der Waals surface area contributed by atoms with Gasteiger partial charge >= 0.3 is 0 Å². The largest absolute Gasteiger partial charge is 0.347 e. The van der Waals surface area contributed by atoms with E-state index in [1.807, 2.05) is 6.92 Å². The molecule has 1 aromatic rings. The molecule has 0 unspecified atom stereocenters. The molecule has 7 heteroatoms. The molecule has 0 spiro atoms. The van der Waals surface area contributed by atoms with E-state index in [4.69, 9.17) is 4.52 Å². The van der Waals surface area contributed by atoms with Gasteiger partial charge in [-0.2, -0.15) is 4.98 Å². The van der Waals surface area contributed by atoms with Crippen LogP contribution in [0.2, 0.25) is 0 Å². The Labute approximate surface area is 135 Å². The number of amides is 2. The van der Waals surface area contributed by atoms with Gasteiger partial charge in [-0.3, -0.25) is 9.59 Å². The SMILES string of the molecule is CCN1C[C@H](C(=O)NCc2nc(C3CCCCC3)no2)CC1=O. The summed E-state index contributed by atoms with van der Waals surface area (Å²) >= 11 is 0. The lowest BCUT2D eigenvalue weighted by Gasteiger charge is -2.17. The second-order valence-electron chi connectivity index (χ2n) is 6.43. The zero-order valence-electron chi connectivity index (χ0n) is 13.6. The first kappa shape index (κ1) is 16.0. The molecular weight excluding hydrogens is 296 g/mol. The topological polar surface area (TPSA) is 88.3 Å². The van der Waals surface area contributed by atoms with Gasteiger partial charge in [0.05, 0.1) is 12.5 Å². The highest BCUT2D eigenvalue weighted by Crippen LogP contribution is 2.30. The van der Waals surface area contributed by atoms with Crippen LogP contribution >= 0.6 is 0 Å². The third-order valence-electron chi connectivity index (χ3n) is 4.83. The molecular formula is C16H24N4O3. The van der Waals surface area contributed by atoms with Crippen LogP contribution in [0.1, 0.15) is 63.1 Å². The predicted molar refractivity (Wildman–Crippen MR) is 82.3 cm³/mol. The van der Waals surface area contributed by atoms with E-state index in [1.54, 1.807) is 4.90 Å². The van der Waals surface area contributed by atoms with Crippen molar-refractivity contribution in [3.8, 4) is 0 Å². The Morgan fingerprint density at radius 2 is 2.13 bits per heavy atom. The number of carbonyl (C=O) groups excluding carboxylic acids is 2. The molecule has 1 aliphatic heterocycles. The summed E-state index contributed by atoms with van der Waals surface area (Å²) in [4.78, 5) is 29.9. The first-order valence-electron chi connectivity index (χ1n) is 8.55. The molecule has 1 atom stereocenters. The van der Waals surface area contributed by atoms with Gasteiger partial charge in [0.2, 0.25) is 17.7 Å². The molecule has 0 radical (unpaired) electrons. The lowest BCUT2D eigenvalue weighted by atomic mass is 9.89. The highest BCUT2D eigenvalue weighted by Gasteiger charge is 2.33. The number of nitrogens with one attached hydrogen (secondary N) is 1. The van der Waals surface area contributed by atoms with Crippen molar-refractivity contribution in [3.05, 3.63) is 11.7 Å². The predicted octanol–water partition coefficient (Wildman–Crippen LogP) is 1.60.